The van der Waals surface area contributed by atoms with E-state index in [0.29, 0.717) is 0 Å². The smallest absolute Gasteiger partial charge is 0.130 e. The van der Waals surface area contributed by atoms with Crippen LogP contribution in [0.15, 0.2) is 39.4 Å². The molecule has 1 N–H and O–H groups in total. The van der Waals surface area contributed by atoms with Crippen LogP contribution in [0.3, 0.4) is 0 Å². The van der Waals surface area contributed by atoms with Crippen LogP contribution in [0.5, 0.6) is 0 Å². The lowest BCUT2D eigenvalue weighted by Gasteiger charge is -2.09. The summed E-state index contributed by atoms with van der Waals surface area (Å²) >= 11 is 6.96. The van der Waals surface area contributed by atoms with Crippen LogP contribution in [0.25, 0.3) is 0 Å². The molecule has 2 aromatic rings. The van der Waals surface area contributed by atoms with Crippen molar-refractivity contribution >= 4 is 43.4 Å². The monoisotopic (exact) mass is 354 g/mol. The van der Waals surface area contributed by atoms with Crippen molar-refractivity contribution in [3.8, 4) is 0 Å². The lowest BCUT2D eigenvalue weighted by Crippen LogP contribution is -1.95. The Balaban J connectivity index is 2.31. The van der Waals surface area contributed by atoms with E-state index in [0.717, 1.165) is 26.0 Å². The number of benzene rings is 1. The van der Waals surface area contributed by atoms with Gasteiger partial charge in [0.1, 0.15) is 5.82 Å². The summed E-state index contributed by atoms with van der Waals surface area (Å²) < 4.78 is 2.05. The Labute approximate surface area is 118 Å². The number of hydrogen-bond acceptors (Lipinski definition) is 2. The van der Waals surface area contributed by atoms with Gasteiger partial charge in [0.25, 0.3) is 0 Å². The molecule has 0 bridgehead atoms. The second-order valence-corrected chi connectivity index (χ2v) is 5.64. The summed E-state index contributed by atoms with van der Waals surface area (Å²) in [6.07, 6.45) is 1.81. The first kappa shape index (κ1) is 12.6. The molecule has 4 heteroatoms. The fraction of sp³-hybridized carbons (Fsp3) is 0.154. The highest BCUT2D eigenvalue weighted by Gasteiger charge is 2.03. The first-order chi connectivity index (χ1) is 8.06. The molecule has 1 aromatic heterocycles. The number of halogens is 2. The van der Waals surface area contributed by atoms with Crippen molar-refractivity contribution in [3.05, 3.63) is 50.5 Å². The molecule has 0 radical (unpaired) electrons. The average molecular weight is 356 g/mol. The molecule has 0 aliphatic rings. The van der Waals surface area contributed by atoms with Crippen molar-refractivity contribution in [2.75, 3.05) is 5.32 Å². The number of pyridine rings is 1. The third kappa shape index (κ3) is 3.07. The molecule has 17 heavy (non-hydrogen) atoms. The SMILES string of the molecule is Cc1ccc(Br)c(Nc2cc(C)c(Br)cn2)c1. The highest BCUT2D eigenvalue weighted by atomic mass is 79.9. The van der Waals surface area contributed by atoms with Gasteiger partial charge in [-0.3, -0.25) is 0 Å². The third-order valence-electron chi connectivity index (χ3n) is 2.43. The Hall–Kier alpha value is -0.870. The summed E-state index contributed by atoms with van der Waals surface area (Å²) in [5, 5.41) is 3.30. The molecule has 0 aliphatic carbocycles. The fourth-order valence-corrected chi connectivity index (χ4v) is 2.04. The molecule has 1 heterocycles. The summed E-state index contributed by atoms with van der Waals surface area (Å²) in [7, 11) is 0. The van der Waals surface area contributed by atoms with Gasteiger partial charge in [0, 0.05) is 15.1 Å². The number of rotatable bonds is 2. The minimum atomic E-state index is 0.844. The van der Waals surface area contributed by atoms with E-state index in [4.69, 9.17) is 0 Å². The van der Waals surface area contributed by atoms with Crippen molar-refractivity contribution in [3.63, 3.8) is 0 Å². The predicted octanol–water partition coefficient (Wildman–Crippen LogP) is 4.97. The first-order valence-corrected chi connectivity index (χ1v) is 6.80. The summed E-state index contributed by atoms with van der Waals surface area (Å²) in [6.45, 7) is 4.11. The molecule has 2 rings (SSSR count). The standard InChI is InChI=1S/C13H12Br2N2/c1-8-3-4-10(14)12(5-8)17-13-6-9(2)11(15)7-16-13/h3-7H,1-2H3,(H,16,17). The molecule has 0 saturated carbocycles. The molecule has 0 amide bonds. The number of aryl methyl sites for hydroxylation is 2. The molecular formula is C13H12Br2N2. The molecule has 0 spiro atoms. The van der Waals surface area contributed by atoms with Crippen LogP contribution < -0.4 is 5.32 Å². The van der Waals surface area contributed by atoms with Crippen molar-refractivity contribution in [2.24, 2.45) is 0 Å². The van der Waals surface area contributed by atoms with Crippen molar-refractivity contribution in [2.45, 2.75) is 13.8 Å². The van der Waals surface area contributed by atoms with E-state index in [1.807, 2.05) is 19.1 Å². The first-order valence-electron chi connectivity index (χ1n) is 5.21. The van der Waals surface area contributed by atoms with Crippen LogP contribution in [0.4, 0.5) is 11.5 Å². The van der Waals surface area contributed by atoms with E-state index < -0.39 is 0 Å². The Bertz CT molecular complexity index is 553. The van der Waals surface area contributed by atoms with E-state index >= 15 is 0 Å². The van der Waals surface area contributed by atoms with Crippen molar-refractivity contribution < 1.29 is 0 Å². The van der Waals surface area contributed by atoms with Crippen LogP contribution >= 0.6 is 31.9 Å². The van der Waals surface area contributed by atoms with Crippen LogP contribution in [0, 0.1) is 13.8 Å². The van der Waals surface area contributed by atoms with Crippen LogP contribution in [0.1, 0.15) is 11.1 Å². The largest absolute Gasteiger partial charge is 0.339 e. The predicted molar refractivity (Wildman–Crippen MR) is 78.8 cm³/mol. The van der Waals surface area contributed by atoms with E-state index in [-0.39, 0.29) is 0 Å². The van der Waals surface area contributed by atoms with Gasteiger partial charge in [-0.05, 0) is 75.0 Å². The molecule has 1 aromatic carbocycles. The van der Waals surface area contributed by atoms with E-state index in [9.17, 15) is 0 Å². The highest BCUT2D eigenvalue weighted by Crippen LogP contribution is 2.27. The quantitative estimate of drug-likeness (QED) is 0.822. The van der Waals surface area contributed by atoms with Gasteiger partial charge < -0.3 is 5.32 Å². The Kier molecular flexibility index (Phi) is 3.84. The van der Waals surface area contributed by atoms with Crippen molar-refractivity contribution in [1.82, 2.24) is 4.98 Å². The molecular weight excluding hydrogens is 344 g/mol. The summed E-state index contributed by atoms with van der Waals surface area (Å²) in [5.41, 5.74) is 3.40. The van der Waals surface area contributed by atoms with Gasteiger partial charge in [-0.15, -0.1) is 0 Å². The van der Waals surface area contributed by atoms with E-state index in [1.165, 1.54) is 5.56 Å². The molecule has 88 valence electrons. The van der Waals surface area contributed by atoms with Gasteiger partial charge in [0.05, 0.1) is 5.69 Å². The van der Waals surface area contributed by atoms with Gasteiger partial charge in [-0.2, -0.15) is 0 Å². The number of anilines is 2. The maximum Gasteiger partial charge on any atom is 0.130 e. The van der Waals surface area contributed by atoms with E-state index in [1.54, 1.807) is 6.20 Å². The molecule has 2 nitrogen and oxygen atoms in total. The zero-order chi connectivity index (χ0) is 12.4. The summed E-state index contributed by atoms with van der Waals surface area (Å²) in [4.78, 5) is 4.33. The Morgan fingerprint density at radius 1 is 1.06 bits per heavy atom. The summed E-state index contributed by atoms with van der Waals surface area (Å²) in [5.74, 6) is 0.844. The second-order valence-electron chi connectivity index (χ2n) is 3.93. The maximum atomic E-state index is 4.33. The normalized spacial score (nSPS) is 10.4. The minimum absolute atomic E-state index is 0.844. The Morgan fingerprint density at radius 3 is 2.53 bits per heavy atom. The minimum Gasteiger partial charge on any atom is -0.339 e. The van der Waals surface area contributed by atoms with Crippen molar-refractivity contribution in [1.29, 1.82) is 0 Å². The van der Waals surface area contributed by atoms with Gasteiger partial charge in [0.2, 0.25) is 0 Å². The lowest BCUT2D eigenvalue weighted by atomic mass is 10.2. The van der Waals surface area contributed by atoms with Gasteiger partial charge in [0.15, 0.2) is 0 Å². The van der Waals surface area contributed by atoms with Gasteiger partial charge in [-0.25, -0.2) is 4.98 Å². The number of nitrogens with zero attached hydrogens (tertiary/aromatic N) is 1. The topological polar surface area (TPSA) is 24.9 Å². The lowest BCUT2D eigenvalue weighted by molar-refractivity contribution is 1.25. The second kappa shape index (κ2) is 5.19. The molecule has 0 aliphatic heterocycles. The van der Waals surface area contributed by atoms with Crippen LogP contribution in [-0.4, -0.2) is 4.98 Å². The highest BCUT2D eigenvalue weighted by molar-refractivity contribution is 9.10. The van der Waals surface area contributed by atoms with E-state index in [2.05, 4.69) is 61.2 Å². The number of hydrogen-bond donors (Lipinski definition) is 1. The zero-order valence-electron chi connectivity index (χ0n) is 9.59. The van der Waals surface area contributed by atoms with Crippen LogP contribution in [0.2, 0.25) is 0 Å². The maximum absolute atomic E-state index is 4.33. The molecule has 0 atom stereocenters. The number of aromatic nitrogens is 1. The van der Waals surface area contributed by atoms with Gasteiger partial charge >= 0.3 is 0 Å². The summed E-state index contributed by atoms with van der Waals surface area (Å²) in [6, 6.07) is 8.20. The van der Waals surface area contributed by atoms with Crippen LogP contribution in [-0.2, 0) is 0 Å². The molecule has 0 fully saturated rings. The molecule has 0 saturated heterocycles. The molecule has 0 unspecified atom stereocenters. The Morgan fingerprint density at radius 2 is 1.82 bits per heavy atom. The van der Waals surface area contributed by atoms with Gasteiger partial charge in [-0.1, -0.05) is 6.07 Å². The fourth-order valence-electron chi connectivity index (χ4n) is 1.48. The zero-order valence-corrected chi connectivity index (χ0v) is 12.8. The average Bonchev–Trinajstić information content (AvgIpc) is 2.29. The number of nitrogens with one attached hydrogen (secondary N) is 1. The third-order valence-corrected chi connectivity index (χ3v) is 3.95.